The number of para-hydroxylation sites is 1. The van der Waals surface area contributed by atoms with E-state index in [1.807, 2.05) is 24.3 Å². The average Bonchev–Trinajstić information content (AvgIpc) is 3.70. The van der Waals surface area contributed by atoms with E-state index in [4.69, 9.17) is 8.83 Å². The number of aromatic nitrogens is 1. The summed E-state index contributed by atoms with van der Waals surface area (Å²) < 4.78 is 12.6. The van der Waals surface area contributed by atoms with Crippen molar-refractivity contribution in [3.05, 3.63) is 158 Å². The summed E-state index contributed by atoms with van der Waals surface area (Å²) in [6.07, 6.45) is 1.78. The SMILES string of the molecule is c1ccc(-c2ccc(N(c3ccc4oc5ccccc5c4c3)c3ccc4ccc5ccc6c7cccnc7oc6c5c4c3)cc2)cc1. The lowest BCUT2D eigenvalue weighted by Crippen LogP contribution is -2.09. The maximum absolute atomic E-state index is 6.44. The Labute approximate surface area is 269 Å². The molecule has 0 atom stereocenters. The third kappa shape index (κ3) is 4.05. The molecule has 0 aliphatic rings. The van der Waals surface area contributed by atoms with Crippen molar-refractivity contribution in [1.82, 2.24) is 4.98 Å². The van der Waals surface area contributed by atoms with Crippen LogP contribution in [0.25, 0.3) is 76.7 Å². The summed E-state index contributed by atoms with van der Waals surface area (Å²) >= 11 is 0. The van der Waals surface area contributed by atoms with Crippen LogP contribution in [-0.2, 0) is 0 Å². The Bertz CT molecular complexity index is 2790. The summed E-state index contributed by atoms with van der Waals surface area (Å²) in [6, 6.07) is 53.4. The van der Waals surface area contributed by atoms with E-state index in [-0.39, 0.29) is 0 Å². The first-order valence-electron chi connectivity index (χ1n) is 15.8. The highest BCUT2D eigenvalue weighted by atomic mass is 16.3. The van der Waals surface area contributed by atoms with Gasteiger partial charge in [0.2, 0.25) is 5.71 Å². The van der Waals surface area contributed by atoms with E-state index in [0.29, 0.717) is 5.71 Å². The monoisotopic (exact) mass is 602 g/mol. The van der Waals surface area contributed by atoms with Gasteiger partial charge in [-0.25, -0.2) is 4.98 Å². The Balaban J connectivity index is 1.22. The molecule has 0 aliphatic heterocycles. The second-order valence-electron chi connectivity index (χ2n) is 12.0. The van der Waals surface area contributed by atoms with Crippen LogP contribution in [0.2, 0.25) is 0 Å². The maximum Gasteiger partial charge on any atom is 0.227 e. The first-order chi connectivity index (χ1) is 23.3. The second-order valence-corrected chi connectivity index (χ2v) is 12.0. The first kappa shape index (κ1) is 25.9. The molecular formula is C43H26N2O2. The Morgan fingerprint density at radius 3 is 1.98 bits per heavy atom. The zero-order valence-electron chi connectivity index (χ0n) is 25.2. The molecule has 0 unspecified atom stereocenters. The minimum atomic E-state index is 0.656. The molecule has 4 nitrogen and oxygen atoms in total. The van der Waals surface area contributed by atoms with Crippen LogP contribution < -0.4 is 4.90 Å². The van der Waals surface area contributed by atoms with Crippen molar-refractivity contribution in [2.24, 2.45) is 0 Å². The molecule has 0 aliphatic carbocycles. The number of nitrogens with zero attached hydrogens (tertiary/aromatic N) is 2. The van der Waals surface area contributed by atoms with Gasteiger partial charge in [-0.1, -0.05) is 84.9 Å². The number of pyridine rings is 1. The van der Waals surface area contributed by atoms with Gasteiger partial charge in [0.05, 0.1) is 0 Å². The molecule has 0 saturated heterocycles. The summed E-state index contributed by atoms with van der Waals surface area (Å²) in [5.41, 5.74) is 8.82. The molecule has 0 spiro atoms. The van der Waals surface area contributed by atoms with E-state index in [2.05, 4.69) is 137 Å². The molecule has 0 fully saturated rings. The van der Waals surface area contributed by atoms with E-state index in [9.17, 15) is 0 Å². The molecule has 0 N–H and O–H groups in total. The number of anilines is 3. The Hall–Kier alpha value is -6.39. The van der Waals surface area contributed by atoms with E-state index < -0.39 is 0 Å². The topological polar surface area (TPSA) is 42.4 Å². The van der Waals surface area contributed by atoms with Gasteiger partial charge >= 0.3 is 0 Å². The van der Waals surface area contributed by atoms with Gasteiger partial charge in [0, 0.05) is 50.2 Å². The van der Waals surface area contributed by atoms with Crippen LogP contribution >= 0.6 is 0 Å². The molecule has 220 valence electrons. The van der Waals surface area contributed by atoms with E-state index in [1.54, 1.807) is 6.20 Å². The standard InChI is InChI=1S/C43H26N2O2/c1-2-7-27(8-3-1)28-14-18-31(19-15-28)45(33-21-23-40-38(26-33)34-9-4-5-11-39(34)46-40)32-20-16-29-12-13-30-17-22-35-36-10-6-24-44-43(36)47-42(35)41(30)37(29)25-32/h1-26H. The van der Waals surface area contributed by atoms with E-state index in [1.165, 1.54) is 11.1 Å². The van der Waals surface area contributed by atoms with Gasteiger partial charge in [-0.05, 0) is 94.0 Å². The smallest absolute Gasteiger partial charge is 0.227 e. The van der Waals surface area contributed by atoms with Crippen LogP contribution in [0.1, 0.15) is 0 Å². The quantitative estimate of drug-likeness (QED) is 0.188. The predicted molar refractivity (Wildman–Crippen MR) is 194 cm³/mol. The second kappa shape index (κ2) is 10.1. The van der Waals surface area contributed by atoms with Crippen LogP contribution in [0.4, 0.5) is 17.1 Å². The fourth-order valence-electron chi connectivity index (χ4n) is 7.07. The zero-order chi connectivity index (χ0) is 30.9. The lowest BCUT2D eigenvalue weighted by molar-refractivity contribution is 0.658. The van der Waals surface area contributed by atoms with Gasteiger partial charge in [0.15, 0.2) is 0 Å². The Morgan fingerprint density at radius 2 is 1.09 bits per heavy atom. The minimum absolute atomic E-state index is 0.656. The van der Waals surface area contributed by atoms with Gasteiger partial charge < -0.3 is 13.7 Å². The first-order valence-corrected chi connectivity index (χ1v) is 15.8. The molecule has 7 aromatic carbocycles. The van der Waals surface area contributed by atoms with Crippen LogP contribution in [0.5, 0.6) is 0 Å². The molecule has 0 saturated carbocycles. The summed E-state index contributed by atoms with van der Waals surface area (Å²) in [7, 11) is 0. The van der Waals surface area contributed by atoms with E-state index >= 15 is 0 Å². The van der Waals surface area contributed by atoms with Crippen LogP contribution in [0, 0.1) is 0 Å². The van der Waals surface area contributed by atoms with Crippen molar-refractivity contribution in [3.63, 3.8) is 0 Å². The Morgan fingerprint density at radius 1 is 0.426 bits per heavy atom. The largest absolute Gasteiger partial charge is 0.456 e. The minimum Gasteiger partial charge on any atom is -0.456 e. The van der Waals surface area contributed by atoms with Crippen molar-refractivity contribution < 1.29 is 8.83 Å². The van der Waals surface area contributed by atoms with Crippen molar-refractivity contribution >= 4 is 82.6 Å². The predicted octanol–water partition coefficient (Wildman–Crippen LogP) is 12.3. The zero-order valence-corrected chi connectivity index (χ0v) is 25.2. The van der Waals surface area contributed by atoms with Crippen molar-refractivity contribution in [3.8, 4) is 11.1 Å². The number of hydrogen-bond donors (Lipinski definition) is 0. The molecule has 47 heavy (non-hydrogen) atoms. The van der Waals surface area contributed by atoms with Crippen molar-refractivity contribution in [1.29, 1.82) is 0 Å². The number of furan rings is 2. The summed E-state index contributed by atoms with van der Waals surface area (Å²) in [4.78, 5) is 6.85. The third-order valence-corrected chi connectivity index (χ3v) is 9.31. The fourth-order valence-corrected chi connectivity index (χ4v) is 7.07. The number of fused-ring (bicyclic) bond motifs is 10. The molecule has 0 bridgehead atoms. The van der Waals surface area contributed by atoms with Crippen LogP contribution in [-0.4, -0.2) is 4.98 Å². The van der Waals surface area contributed by atoms with Gasteiger partial charge in [-0.2, -0.15) is 0 Å². The Kier molecular flexibility index (Phi) is 5.54. The van der Waals surface area contributed by atoms with Gasteiger partial charge in [0.1, 0.15) is 16.7 Å². The molecule has 3 aromatic heterocycles. The van der Waals surface area contributed by atoms with Crippen LogP contribution in [0.15, 0.2) is 167 Å². The van der Waals surface area contributed by atoms with Crippen LogP contribution in [0.3, 0.4) is 0 Å². The molecule has 4 heteroatoms. The van der Waals surface area contributed by atoms with E-state index in [0.717, 1.165) is 76.9 Å². The third-order valence-electron chi connectivity index (χ3n) is 9.31. The fraction of sp³-hybridized carbons (Fsp3) is 0. The van der Waals surface area contributed by atoms with Gasteiger partial charge in [-0.3, -0.25) is 0 Å². The summed E-state index contributed by atoms with van der Waals surface area (Å²) in [6.45, 7) is 0. The van der Waals surface area contributed by atoms with Crippen molar-refractivity contribution in [2.75, 3.05) is 4.90 Å². The number of rotatable bonds is 4. The molecular weight excluding hydrogens is 576 g/mol. The molecule has 0 radical (unpaired) electrons. The highest BCUT2D eigenvalue weighted by molar-refractivity contribution is 6.23. The molecule has 10 aromatic rings. The summed E-state index contributed by atoms with van der Waals surface area (Å²) in [5.74, 6) is 0. The van der Waals surface area contributed by atoms with Gasteiger partial charge in [0.25, 0.3) is 0 Å². The molecule has 0 amide bonds. The molecule has 10 rings (SSSR count). The maximum atomic E-state index is 6.44. The highest BCUT2D eigenvalue weighted by Crippen LogP contribution is 2.42. The average molecular weight is 603 g/mol. The van der Waals surface area contributed by atoms with Crippen molar-refractivity contribution in [2.45, 2.75) is 0 Å². The lowest BCUT2D eigenvalue weighted by Gasteiger charge is -2.26. The molecule has 3 heterocycles. The normalized spacial score (nSPS) is 11.8. The lowest BCUT2D eigenvalue weighted by atomic mass is 9.98. The van der Waals surface area contributed by atoms with Gasteiger partial charge in [-0.15, -0.1) is 0 Å². The summed E-state index contributed by atoms with van der Waals surface area (Å²) in [5, 5.41) is 8.80. The highest BCUT2D eigenvalue weighted by Gasteiger charge is 2.18. The number of hydrogen-bond acceptors (Lipinski definition) is 4. The number of benzene rings is 7.